The van der Waals surface area contributed by atoms with E-state index in [1.807, 2.05) is 4.90 Å². The third-order valence-corrected chi connectivity index (χ3v) is 4.64. The first-order chi connectivity index (χ1) is 12.1. The number of hydrogen-bond donors (Lipinski definition) is 1. The predicted molar refractivity (Wildman–Crippen MR) is 90.8 cm³/mol. The Balaban J connectivity index is 1.40. The van der Waals surface area contributed by atoms with Crippen LogP contribution in [0.25, 0.3) is 0 Å². The molecule has 0 radical (unpaired) electrons. The SMILES string of the molecule is O=C(NCCN1CCOCC1)N1CCN(c2ccc(F)c(F)c2)CC1. The first kappa shape index (κ1) is 17.9. The van der Waals surface area contributed by atoms with Crippen LogP contribution in [0.5, 0.6) is 0 Å². The van der Waals surface area contributed by atoms with E-state index in [1.165, 1.54) is 6.07 Å². The van der Waals surface area contributed by atoms with Crippen molar-refractivity contribution in [2.75, 3.05) is 70.5 Å². The molecule has 0 saturated carbocycles. The van der Waals surface area contributed by atoms with Gasteiger partial charge in [-0.2, -0.15) is 0 Å². The van der Waals surface area contributed by atoms with E-state index in [9.17, 15) is 13.6 Å². The van der Waals surface area contributed by atoms with Crippen molar-refractivity contribution in [2.45, 2.75) is 0 Å². The molecule has 0 bridgehead atoms. The third-order valence-electron chi connectivity index (χ3n) is 4.64. The number of morpholine rings is 1. The van der Waals surface area contributed by atoms with Gasteiger partial charge in [-0.15, -0.1) is 0 Å². The summed E-state index contributed by atoms with van der Waals surface area (Å²) in [5.41, 5.74) is 0.645. The highest BCUT2D eigenvalue weighted by Gasteiger charge is 2.22. The third kappa shape index (κ3) is 4.79. The first-order valence-corrected chi connectivity index (χ1v) is 8.66. The highest BCUT2D eigenvalue weighted by molar-refractivity contribution is 5.74. The van der Waals surface area contributed by atoms with Gasteiger partial charge in [-0.3, -0.25) is 4.90 Å². The Morgan fingerprint density at radius 2 is 1.76 bits per heavy atom. The summed E-state index contributed by atoms with van der Waals surface area (Å²) >= 11 is 0. The minimum Gasteiger partial charge on any atom is -0.379 e. The van der Waals surface area contributed by atoms with Gasteiger partial charge in [0, 0.05) is 64.1 Å². The lowest BCUT2D eigenvalue weighted by molar-refractivity contribution is 0.0386. The summed E-state index contributed by atoms with van der Waals surface area (Å²) in [6.07, 6.45) is 0. The molecule has 0 unspecified atom stereocenters. The molecule has 6 nitrogen and oxygen atoms in total. The zero-order valence-corrected chi connectivity index (χ0v) is 14.2. The second-order valence-corrected chi connectivity index (χ2v) is 6.26. The molecule has 1 aromatic carbocycles. The molecule has 1 N–H and O–H groups in total. The molecule has 3 rings (SSSR count). The van der Waals surface area contributed by atoms with Crippen molar-refractivity contribution < 1.29 is 18.3 Å². The Bertz CT molecular complexity index is 588. The van der Waals surface area contributed by atoms with Crippen molar-refractivity contribution in [2.24, 2.45) is 0 Å². The van der Waals surface area contributed by atoms with E-state index in [0.29, 0.717) is 38.4 Å². The van der Waals surface area contributed by atoms with Gasteiger partial charge in [0.1, 0.15) is 0 Å². The first-order valence-electron chi connectivity index (χ1n) is 8.66. The summed E-state index contributed by atoms with van der Waals surface area (Å²) in [6, 6.07) is 3.83. The van der Waals surface area contributed by atoms with Gasteiger partial charge in [0.2, 0.25) is 0 Å². The van der Waals surface area contributed by atoms with E-state index in [-0.39, 0.29) is 6.03 Å². The second kappa shape index (κ2) is 8.44. The summed E-state index contributed by atoms with van der Waals surface area (Å²) in [4.78, 5) is 18.2. The highest BCUT2D eigenvalue weighted by atomic mass is 19.2. The number of halogens is 2. The van der Waals surface area contributed by atoms with Crippen molar-refractivity contribution in [1.82, 2.24) is 15.1 Å². The van der Waals surface area contributed by atoms with Gasteiger partial charge < -0.3 is 19.9 Å². The lowest BCUT2D eigenvalue weighted by Crippen LogP contribution is -2.53. The Morgan fingerprint density at radius 1 is 1.04 bits per heavy atom. The predicted octanol–water partition coefficient (Wildman–Crippen LogP) is 1.13. The number of ether oxygens (including phenoxy) is 1. The minimum absolute atomic E-state index is 0.0711. The fourth-order valence-corrected chi connectivity index (χ4v) is 3.11. The van der Waals surface area contributed by atoms with Crippen molar-refractivity contribution >= 4 is 11.7 Å². The van der Waals surface area contributed by atoms with Gasteiger partial charge in [-0.05, 0) is 12.1 Å². The van der Waals surface area contributed by atoms with Crippen LogP contribution in [0.15, 0.2) is 18.2 Å². The average molecular weight is 354 g/mol. The largest absolute Gasteiger partial charge is 0.379 e. The molecule has 0 atom stereocenters. The smallest absolute Gasteiger partial charge is 0.317 e. The van der Waals surface area contributed by atoms with Crippen LogP contribution >= 0.6 is 0 Å². The summed E-state index contributed by atoms with van der Waals surface area (Å²) in [5, 5.41) is 2.95. The second-order valence-electron chi connectivity index (χ2n) is 6.26. The lowest BCUT2D eigenvalue weighted by Gasteiger charge is -2.36. The molecule has 0 aliphatic carbocycles. The van der Waals surface area contributed by atoms with Crippen LogP contribution in [0, 0.1) is 11.6 Å². The van der Waals surface area contributed by atoms with E-state index in [0.717, 1.165) is 38.9 Å². The van der Waals surface area contributed by atoms with Crippen molar-refractivity contribution in [1.29, 1.82) is 0 Å². The van der Waals surface area contributed by atoms with E-state index in [4.69, 9.17) is 4.74 Å². The molecule has 8 heteroatoms. The Morgan fingerprint density at radius 3 is 2.44 bits per heavy atom. The zero-order valence-electron chi connectivity index (χ0n) is 14.2. The maximum absolute atomic E-state index is 13.3. The molecule has 2 saturated heterocycles. The average Bonchev–Trinajstić information content (AvgIpc) is 2.65. The van der Waals surface area contributed by atoms with Crippen LogP contribution in [0.2, 0.25) is 0 Å². The van der Waals surface area contributed by atoms with Crippen molar-refractivity contribution in [3.8, 4) is 0 Å². The number of carbonyl (C=O) groups excluding carboxylic acids is 1. The van der Waals surface area contributed by atoms with E-state index in [1.54, 1.807) is 11.0 Å². The standard InChI is InChI=1S/C17H24F2N4O2/c18-15-2-1-14(13-16(15)19)22-5-7-23(8-6-22)17(24)20-3-4-21-9-11-25-12-10-21/h1-2,13H,3-12H2,(H,20,24). The lowest BCUT2D eigenvalue weighted by atomic mass is 10.2. The van der Waals surface area contributed by atoms with Gasteiger partial charge in [-0.25, -0.2) is 13.6 Å². The number of anilines is 1. The van der Waals surface area contributed by atoms with Gasteiger partial charge in [-0.1, -0.05) is 0 Å². The molecule has 1 aromatic rings. The van der Waals surface area contributed by atoms with E-state index < -0.39 is 11.6 Å². The number of benzene rings is 1. The molecular weight excluding hydrogens is 330 g/mol. The van der Waals surface area contributed by atoms with Gasteiger partial charge in [0.25, 0.3) is 0 Å². The molecule has 2 heterocycles. The Hall–Kier alpha value is -1.93. The molecular formula is C17H24F2N4O2. The number of rotatable bonds is 4. The summed E-state index contributed by atoms with van der Waals surface area (Å²) in [6.45, 7) is 7.06. The number of amides is 2. The number of piperazine rings is 1. The molecule has 2 amide bonds. The summed E-state index contributed by atoms with van der Waals surface area (Å²) in [5.74, 6) is -1.69. The normalized spacial score (nSPS) is 19.1. The van der Waals surface area contributed by atoms with Crippen LogP contribution in [0.3, 0.4) is 0 Å². The fraction of sp³-hybridized carbons (Fsp3) is 0.588. The number of nitrogens with one attached hydrogen (secondary N) is 1. The molecule has 2 aliphatic rings. The number of nitrogens with zero attached hydrogens (tertiary/aromatic N) is 3. The highest BCUT2D eigenvalue weighted by Crippen LogP contribution is 2.19. The van der Waals surface area contributed by atoms with Gasteiger partial charge >= 0.3 is 6.03 Å². The molecule has 2 aliphatic heterocycles. The quantitative estimate of drug-likeness (QED) is 0.881. The van der Waals surface area contributed by atoms with Crippen molar-refractivity contribution in [3.63, 3.8) is 0 Å². The Labute approximate surface area is 146 Å². The molecule has 25 heavy (non-hydrogen) atoms. The molecule has 138 valence electrons. The van der Waals surface area contributed by atoms with Crippen LogP contribution in [0.1, 0.15) is 0 Å². The van der Waals surface area contributed by atoms with Crippen LogP contribution < -0.4 is 10.2 Å². The van der Waals surface area contributed by atoms with Crippen LogP contribution in [0.4, 0.5) is 19.3 Å². The van der Waals surface area contributed by atoms with E-state index >= 15 is 0 Å². The van der Waals surface area contributed by atoms with E-state index in [2.05, 4.69) is 10.2 Å². The van der Waals surface area contributed by atoms with Gasteiger partial charge in [0.05, 0.1) is 13.2 Å². The maximum Gasteiger partial charge on any atom is 0.317 e. The number of urea groups is 1. The van der Waals surface area contributed by atoms with Crippen LogP contribution in [-0.2, 0) is 4.74 Å². The molecule has 0 spiro atoms. The fourth-order valence-electron chi connectivity index (χ4n) is 3.11. The molecule has 2 fully saturated rings. The van der Waals surface area contributed by atoms with Crippen LogP contribution in [-0.4, -0.2) is 81.4 Å². The maximum atomic E-state index is 13.3. The van der Waals surface area contributed by atoms with Gasteiger partial charge in [0.15, 0.2) is 11.6 Å². The summed E-state index contributed by atoms with van der Waals surface area (Å²) in [7, 11) is 0. The Kier molecular flexibility index (Phi) is 6.04. The topological polar surface area (TPSA) is 48.1 Å². The van der Waals surface area contributed by atoms with Crippen molar-refractivity contribution in [3.05, 3.63) is 29.8 Å². The summed E-state index contributed by atoms with van der Waals surface area (Å²) < 4.78 is 31.7. The molecule has 0 aromatic heterocycles. The number of hydrogen-bond acceptors (Lipinski definition) is 4. The minimum atomic E-state index is -0.846. The zero-order chi connectivity index (χ0) is 17.6. The number of carbonyl (C=O) groups is 1. The monoisotopic (exact) mass is 354 g/mol.